The number of ether oxygens (including phenoxy) is 1. The third kappa shape index (κ3) is 4.36. The lowest BCUT2D eigenvalue weighted by Crippen LogP contribution is -2.11. The van der Waals surface area contributed by atoms with E-state index in [0.29, 0.717) is 15.6 Å². The number of esters is 1. The van der Waals surface area contributed by atoms with E-state index in [2.05, 4.69) is 0 Å². The van der Waals surface area contributed by atoms with Gasteiger partial charge in [0.05, 0.1) is 10.0 Å². The number of rotatable bonds is 4. The van der Waals surface area contributed by atoms with Crippen molar-refractivity contribution in [2.45, 2.75) is 26.4 Å². The van der Waals surface area contributed by atoms with Crippen LogP contribution in [-0.2, 0) is 14.3 Å². The van der Waals surface area contributed by atoms with Crippen LogP contribution in [-0.4, -0.2) is 11.8 Å². The van der Waals surface area contributed by atoms with Crippen LogP contribution >= 0.6 is 23.2 Å². The third-order valence-electron chi connectivity index (χ3n) is 2.10. The monoisotopic (exact) mass is 274 g/mol. The summed E-state index contributed by atoms with van der Waals surface area (Å²) < 4.78 is 5.08. The van der Waals surface area contributed by atoms with Gasteiger partial charge in [-0.15, -0.1) is 0 Å². The summed E-state index contributed by atoms with van der Waals surface area (Å²) in [4.78, 5) is 22.1. The van der Waals surface area contributed by atoms with E-state index >= 15 is 0 Å². The average Bonchev–Trinajstić information content (AvgIpc) is 2.19. The maximum absolute atomic E-state index is 11.1. The summed E-state index contributed by atoms with van der Waals surface area (Å²) >= 11 is 11.7. The molecule has 0 unspecified atom stereocenters. The number of carbonyl (C=O) groups is 2. The van der Waals surface area contributed by atoms with Gasteiger partial charge in [-0.1, -0.05) is 29.3 Å². The van der Waals surface area contributed by atoms with Crippen LogP contribution in [0.5, 0.6) is 0 Å². The van der Waals surface area contributed by atoms with Gasteiger partial charge in [0, 0.05) is 13.3 Å². The van der Waals surface area contributed by atoms with Crippen LogP contribution in [0.25, 0.3) is 0 Å². The molecule has 1 rings (SSSR count). The fourth-order valence-electron chi connectivity index (χ4n) is 1.40. The molecule has 0 spiro atoms. The van der Waals surface area contributed by atoms with Gasteiger partial charge in [-0.3, -0.25) is 9.59 Å². The van der Waals surface area contributed by atoms with Gasteiger partial charge in [0.1, 0.15) is 11.9 Å². The molecular formula is C12H12Cl2O3. The second kappa shape index (κ2) is 6.03. The molecular weight excluding hydrogens is 263 g/mol. The summed E-state index contributed by atoms with van der Waals surface area (Å²) in [6.07, 6.45) is -0.489. The average molecular weight is 275 g/mol. The van der Waals surface area contributed by atoms with Gasteiger partial charge >= 0.3 is 5.97 Å². The van der Waals surface area contributed by atoms with Crippen LogP contribution in [0.4, 0.5) is 0 Å². The van der Waals surface area contributed by atoms with Crippen LogP contribution in [0.3, 0.4) is 0 Å². The van der Waals surface area contributed by atoms with Crippen LogP contribution in [0.1, 0.15) is 31.9 Å². The molecule has 0 aliphatic heterocycles. The molecule has 0 saturated carbocycles. The summed E-state index contributed by atoms with van der Waals surface area (Å²) in [6, 6.07) is 4.89. The van der Waals surface area contributed by atoms with E-state index in [0.717, 1.165) is 0 Å². The van der Waals surface area contributed by atoms with E-state index < -0.39 is 12.1 Å². The van der Waals surface area contributed by atoms with Gasteiger partial charge in [0.25, 0.3) is 0 Å². The van der Waals surface area contributed by atoms with Crippen LogP contribution < -0.4 is 0 Å². The highest BCUT2D eigenvalue weighted by atomic mass is 35.5. The van der Waals surface area contributed by atoms with Crippen molar-refractivity contribution in [3.63, 3.8) is 0 Å². The molecule has 0 amide bonds. The Hall–Kier alpha value is -1.06. The fourth-order valence-corrected chi connectivity index (χ4v) is 1.71. The molecule has 0 fully saturated rings. The number of benzene rings is 1. The van der Waals surface area contributed by atoms with Gasteiger partial charge < -0.3 is 4.74 Å². The minimum absolute atomic E-state index is 0.0673. The number of ketones is 1. The Balaban J connectivity index is 2.98. The zero-order valence-corrected chi connectivity index (χ0v) is 11.0. The Morgan fingerprint density at radius 1 is 1.24 bits per heavy atom. The van der Waals surface area contributed by atoms with Crippen molar-refractivity contribution in [3.05, 3.63) is 33.8 Å². The topological polar surface area (TPSA) is 43.4 Å². The molecule has 3 nitrogen and oxygen atoms in total. The van der Waals surface area contributed by atoms with Gasteiger partial charge in [0.2, 0.25) is 0 Å². The second-order valence-electron chi connectivity index (χ2n) is 3.68. The predicted molar refractivity (Wildman–Crippen MR) is 66.3 cm³/mol. The first kappa shape index (κ1) is 14.0. The Bertz CT molecular complexity index is 427. The standard InChI is InChI=1S/C12H12Cl2O3/c1-7(15)5-12(17-8(2)16)9-3-4-10(13)11(14)6-9/h3-4,6,12H,5H2,1-2H3/t12-/m1/s1. The highest BCUT2D eigenvalue weighted by Crippen LogP contribution is 2.29. The molecule has 0 radical (unpaired) electrons. The quantitative estimate of drug-likeness (QED) is 0.789. The second-order valence-corrected chi connectivity index (χ2v) is 4.49. The largest absolute Gasteiger partial charge is 0.457 e. The molecule has 0 N–H and O–H groups in total. The van der Waals surface area contributed by atoms with Crippen molar-refractivity contribution in [1.29, 1.82) is 0 Å². The minimum Gasteiger partial charge on any atom is -0.457 e. The SMILES string of the molecule is CC(=O)C[C@@H](OC(C)=O)c1ccc(Cl)c(Cl)c1. The summed E-state index contributed by atoms with van der Waals surface area (Å²) in [6.45, 7) is 2.73. The third-order valence-corrected chi connectivity index (χ3v) is 2.84. The lowest BCUT2D eigenvalue weighted by Gasteiger charge is -2.16. The highest BCUT2D eigenvalue weighted by molar-refractivity contribution is 6.42. The summed E-state index contributed by atoms with van der Waals surface area (Å²) in [7, 11) is 0. The van der Waals surface area contributed by atoms with Crippen molar-refractivity contribution in [2.24, 2.45) is 0 Å². The van der Waals surface area contributed by atoms with Crippen molar-refractivity contribution in [1.82, 2.24) is 0 Å². The normalized spacial score (nSPS) is 12.0. The minimum atomic E-state index is -0.611. The van der Waals surface area contributed by atoms with Gasteiger partial charge in [-0.05, 0) is 24.6 Å². The first-order chi connectivity index (χ1) is 7.90. The maximum atomic E-state index is 11.1. The zero-order chi connectivity index (χ0) is 13.0. The molecule has 17 heavy (non-hydrogen) atoms. The summed E-state index contributed by atoms with van der Waals surface area (Å²) in [5.74, 6) is -0.510. The molecule has 0 heterocycles. The molecule has 0 aliphatic carbocycles. The zero-order valence-electron chi connectivity index (χ0n) is 9.50. The van der Waals surface area contributed by atoms with Crippen molar-refractivity contribution >= 4 is 35.0 Å². The van der Waals surface area contributed by atoms with Crippen molar-refractivity contribution < 1.29 is 14.3 Å². The molecule has 5 heteroatoms. The number of carbonyl (C=O) groups excluding carboxylic acids is 2. The van der Waals surface area contributed by atoms with Crippen molar-refractivity contribution in [2.75, 3.05) is 0 Å². The van der Waals surface area contributed by atoms with Crippen LogP contribution in [0.15, 0.2) is 18.2 Å². The van der Waals surface area contributed by atoms with Gasteiger partial charge in [-0.2, -0.15) is 0 Å². The smallest absolute Gasteiger partial charge is 0.303 e. The number of halogens is 2. The van der Waals surface area contributed by atoms with E-state index in [-0.39, 0.29) is 12.2 Å². The Labute approximate surface area is 110 Å². The van der Waals surface area contributed by atoms with Gasteiger partial charge in [-0.25, -0.2) is 0 Å². The van der Waals surface area contributed by atoms with E-state index in [1.54, 1.807) is 18.2 Å². The molecule has 92 valence electrons. The first-order valence-corrected chi connectivity index (χ1v) is 5.77. The van der Waals surface area contributed by atoms with Gasteiger partial charge in [0.15, 0.2) is 0 Å². The number of hydrogen-bond acceptors (Lipinski definition) is 3. The lowest BCUT2D eigenvalue weighted by atomic mass is 10.0. The molecule has 1 aromatic rings. The van der Waals surface area contributed by atoms with Crippen molar-refractivity contribution in [3.8, 4) is 0 Å². The molecule has 1 atom stereocenters. The highest BCUT2D eigenvalue weighted by Gasteiger charge is 2.17. The first-order valence-electron chi connectivity index (χ1n) is 5.01. The predicted octanol–water partition coefficient (Wildman–Crippen LogP) is 3.58. The Morgan fingerprint density at radius 3 is 2.35 bits per heavy atom. The Kier molecular flexibility index (Phi) is 4.97. The van der Waals surface area contributed by atoms with E-state index in [9.17, 15) is 9.59 Å². The van der Waals surface area contributed by atoms with E-state index in [1.165, 1.54) is 13.8 Å². The number of Topliss-reactive ketones (excluding diaryl/α,β-unsaturated/α-hetero) is 1. The van der Waals surface area contributed by atoms with Crippen LogP contribution in [0.2, 0.25) is 10.0 Å². The van der Waals surface area contributed by atoms with Crippen LogP contribution in [0, 0.1) is 0 Å². The number of hydrogen-bond donors (Lipinski definition) is 0. The molecule has 0 aliphatic rings. The lowest BCUT2D eigenvalue weighted by molar-refractivity contribution is -0.147. The molecule has 1 aromatic carbocycles. The van der Waals surface area contributed by atoms with E-state index in [4.69, 9.17) is 27.9 Å². The molecule has 0 bridgehead atoms. The molecule has 0 aromatic heterocycles. The summed E-state index contributed by atoms with van der Waals surface area (Å²) in [5.41, 5.74) is 0.657. The fraction of sp³-hybridized carbons (Fsp3) is 0.333. The maximum Gasteiger partial charge on any atom is 0.303 e. The summed E-state index contributed by atoms with van der Waals surface area (Å²) in [5, 5.41) is 0.782. The molecule has 0 saturated heterocycles. The van der Waals surface area contributed by atoms with E-state index in [1.807, 2.05) is 0 Å². The Morgan fingerprint density at radius 2 is 1.88 bits per heavy atom.